The summed E-state index contributed by atoms with van der Waals surface area (Å²) < 4.78 is 10.6. The molecule has 0 aliphatic rings. The predicted octanol–water partition coefficient (Wildman–Crippen LogP) is 2.01. The van der Waals surface area contributed by atoms with E-state index in [4.69, 9.17) is 8.83 Å². The lowest BCUT2D eigenvalue weighted by Gasteiger charge is -1.90. The second-order valence-electron chi connectivity index (χ2n) is 3.22. The summed E-state index contributed by atoms with van der Waals surface area (Å²) in [5.41, 5.74) is 0. The average Bonchev–Trinajstić information content (AvgIpc) is 2.85. The van der Waals surface area contributed by atoms with E-state index in [-0.39, 0.29) is 0 Å². The number of hydrogen-bond donors (Lipinski definition) is 0. The van der Waals surface area contributed by atoms with Crippen molar-refractivity contribution in [2.45, 2.75) is 37.7 Å². The number of thioether (sulfide) groups is 1. The fourth-order valence-corrected chi connectivity index (χ4v) is 1.75. The van der Waals surface area contributed by atoms with Crippen LogP contribution in [0.5, 0.6) is 0 Å². The van der Waals surface area contributed by atoms with Crippen LogP contribution in [0.25, 0.3) is 0 Å². The summed E-state index contributed by atoms with van der Waals surface area (Å²) in [4.78, 5) is 0. The molecule has 16 heavy (non-hydrogen) atoms. The number of hydrogen-bond acceptors (Lipinski definition) is 7. The zero-order valence-electron chi connectivity index (χ0n) is 9.13. The van der Waals surface area contributed by atoms with Crippen LogP contribution < -0.4 is 0 Å². The van der Waals surface area contributed by atoms with Gasteiger partial charge in [0, 0.05) is 13.3 Å². The molecule has 0 atom stereocenters. The Bertz CT molecular complexity index is 454. The lowest BCUT2D eigenvalue weighted by Crippen LogP contribution is -1.80. The Balaban J connectivity index is 1.89. The molecule has 2 rings (SSSR count). The standard InChI is InChI=1S/C9H12N4O2S/c1-3-4-7-11-13-9(15-7)16-5-8-12-10-6(2)14-8/h3-5H2,1-2H3. The molecule has 0 aliphatic carbocycles. The van der Waals surface area contributed by atoms with Crippen molar-refractivity contribution in [2.75, 3.05) is 0 Å². The smallest absolute Gasteiger partial charge is 0.277 e. The average molecular weight is 240 g/mol. The molecule has 0 spiro atoms. The second kappa shape index (κ2) is 5.11. The Kier molecular flexibility index (Phi) is 3.55. The van der Waals surface area contributed by atoms with Crippen LogP contribution in [-0.2, 0) is 12.2 Å². The highest BCUT2D eigenvalue weighted by atomic mass is 32.2. The Morgan fingerprint density at radius 2 is 1.88 bits per heavy atom. The van der Waals surface area contributed by atoms with E-state index >= 15 is 0 Å². The van der Waals surface area contributed by atoms with Gasteiger partial charge in [-0.2, -0.15) is 0 Å². The lowest BCUT2D eigenvalue weighted by atomic mass is 10.3. The topological polar surface area (TPSA) is 77.8 Å². The Morgan fingerprint density at radius 3 is 2.56 bits per heavy atom. The van der Waals surface area contributed by atoms with E-state index in [0.29, 0.717) is 28.6 Å². The first-order chi connectivity index (χ1) is 7.78. The van der Waals surface area contributed by atoms with Crippen LogP contribution in [0.2, 0.25) is 0 Å². The summed E-state index contributed by atoms with van der Waals surface area (Å²) >= 11 is 1.40. The van der Waals surface area contributed by atoms with Crippen molar-refractivity contribution in [3.8, 4) is 0 Å². The predicted molar refractivity (Wildman–Crippen MR) is 56.9 cm³/mol. The molecule has 0 saturated carbocycles. The van der Waals surface area contributed by atoms with Gasteiger partial charge in [-0.1, -0.05) is 18.7 Å². The van der Waals surface area contributed by atoms with Crippen molar-refractivity contribution in [2.24, 2.45) is 0 Å². The van der Waals surface area contributed by atoms with Crippen molar-refractivity contribution < 1.29 is 8.83 Å². The molecule has 0 aliphatic heterocycles. The first-order valence-corrected chi connectivity index (χ1v) is 6.00. The Hall–Kier alpha value is -1.37. The minimum absolute atomic E-state index is 0.541. The fraction of sp³-hybridized carbons (Fsp3) is 0.556. The van der Waals surface area contributed by atoms with Gasteiger partial charge < -0.3 is 8.83 Å². The Labute approximate surface area is 96.8 Å². The zero-order valence-corrected chi connectivity index (χ0v) is 9.95. The Morgan fingerprint density at radius 1 is 1.06 bits per heavy atom. The third-order valence-electron chi connectivity index (χ3n) is 1.80. The third-order valence-corrected chi connectivity index (χ3v) is 2.60. The lowest BCUT2D eigenvalue weighted by molar-refractivity contribution is 0.410. The molecule has 0 aromatic carbocycles. The van der Waals surface area contributed by atoms with Gasteiger partial charge in [-0.05, 0) is 6.42 Å². The van der Waals surface area contributed by atoms with Gasteiger partial charge in [0.05, 0.1) is 5.75 Å². The molecule has 0 bridgehead atoms. The van der Waals surface area contributed by atoms with Crippen LogP contribution in [0.15, 0.2) is 14.1 Å². The van der Waals surface area contributed by atoms with Gasteiger partial charge in [-0.25, -0.2) is 0 Å². The van der Waals surface area contributed by atoms with Crippen molar-refractivity contribution in [3.05, 3.63) is 17.7 Å². The molecule has 6 nitrogen and oxygen atoms in total. The van der Waals surface area contributed by atoms with Gasteiger partial charge in [-0.15, -0.1) is 20.4 Å². The summed E-state index contributed by atoms with van der Waals surface area (Å²) in [6.07, 6.45) is 1.81. The molecule has 0 amide bonds. The molecule has 0 fully saturated rings. The summed E-state index contributed by atoms with van der Waals surface area (Å²) in [6, 6.07) is 0. The van der Waals surface area contributed by atoms with Gasteiger partial charge in [0.15, 0.2) is 0 Å². The highest BCUT2D eigenvalue weighted by Crippen LogP contribution is 2.20. The maximum atomic E-state index is 5.40. The molecule has 0 unspecified atom stereocenters. The highest BCUT2D eigenvalue weighted by molar-refractivity contribution is 7.98. The minimum atomic E-state index is 0.541. The molecule has 7 heteroatoms. The number of aromatic nitrogens is 4. The largest absolute Gasteiger partial charge is 0.425 e. The molecule has 86 valence electrons. The maximum absolute atomic E-state index is 5.40. The van der Waals surface area contributed by atoms with Crippen molar-refractivity contribution >= 4 is 11.8 Å². The van der Waals surface area contributed by atoms with Crippen molar-refractivity contribution in [3.63, 3.8) is 0 Å². The SMILES string of the molecule is CCCc1nnc(SCc2nnc(C)o2)o1. The van der Waals surface area contributed by atoms with E-state index in [2.05, 4.69) is 27.3 Å². The van der Waals surface area contributed by atoms with Crippen molar-refractivity contribution in [1.82, 2.24) is 20.4 Å². The van der Waals surface area contributed by atoms with Gasteiger partial charge in [0.25, 0.3) is 5.22 Å². The van der Waals surface area contributed by atoms with E-state index in [1.165, 1.54) is 11.8 Å². The van der Waals surface area contributed by atoms with E-state index < -0.39 is 0 Å². The van der Waals surface area contributed by atoms with E-state index in [1.54, 1.807) is 6.92 Å². The maximum Gasteiger partial charge on any atom is 0.277 e. The van der Waals surface area contributed by atoms with Gasteiger partial charge >= 0.3 is 0 Å². The summed E-state index contributed by atoms with van der Waals surface area (Å²) in [6.45, 7) is 3.82. The molecular weight excluding hydrogens is 228 g/mol. The summed E-state index contributed by atoms with van der Waals surface area (Å²) in [5.74, 6) is 2.35. The third kappa shape index (κ3) is 2.82. The van der Waals surface area contributed by atoms with Gasteiger partial charge in [0.1, 0.15) is 0 Å². The van der Waals surface area contributed by atoms with Gasteiger partial charge in [0.2, 0.25) is 17.7 Å². The molecular formula is C9H12N4O2S. The first kappa shape index (κ1) is 11.1. The highest BCUT2D eigenvalue weighted by Gasteiger charge is 2.08. The monoisotopic (exact) mass is 240 g/mol. The van der Waals surface area contributed by atoms with Crippen LogP contribution in [-0.4, -0.2) is 20.4 Å². The van der Waals surface area contributed by atoms with Crippen LogP contribution in [0.3, 0.4) is 0 Å². The summed E-state index contributed by atoms with van der Waals surface area (Å²) in [5, 5.41) is 16.0. The number of rotatable bonds is 5. The van der Waals surface area contributed by atoms with E-state index in [9.17, 15) is 0 Å². The van der Waals surface area contributed by atoms with Crippen LogP contribution in [0, 0.1) is 6.92 Å². The summed E-state index contributed by atoms with van der Waals surface area (Å²) in [7, 11) is 0. The molecule has 2 heterocycles. The van der Waals surface area contributed by atoms with E-state index in [0.717, 1.165) is 12.8 Å². The molecule has 2 aromatic rings. The first-order valence-electron chi connectivity index (χ1n) is 5.02. The fourth-order valence-electron chi connectivity index (χ4n) is 1.13. The van der Waals surface area contributed by atoms with Gasteiger partial charge in [-0.3, -0.25) is 0 Å². The molecule has 0 N–H and O–H groups in total. The number of aryl methyl sites for hydroxylation is 2. The van der Waals surface area contributed by atoms with Crippen LogP contribution in [0.4, 0.5) is 0 Å². The molecule has 0 radical (unpaired) electrons. The molecule has 0 saturated heterocycles. The van der Waals surface area contributed by atoms with E-state index in [1.807, 2.05) is 0 Å². The second-order valence-corrected chi connectivity index (χ2v) is 4.14. The van der Waals surface area contributed by atoms with Crippen LogP contribution in [0.1, 0.15) is 31.0 Å². The van der Waals surface area contributed by atoms with Crippen LogP contribution >= 0.6 is 11.8 Å². The molecule has 2 aromatic heterocycles. The normalized spacial score (nSPS) is 10.9. The number of nitrogens with zero attached hydrogens (tertiary/aromatic N) is 4. The quantitative estimate of drug-likeness (QED) is 0.739. The minimum Gasteiger partial charge on any atom is -0.425 e. The van der Waals surface area contributed by atoms with Crippen molar-refractivity contribution in [1.29, 1.82) is 0 Å². The zero-order chi connectivity index (χ0) is 11.4.